The van der Waals surface area contributed by atoms with Crippen molar-refractivity contribution in [3.63, 3.8) is 0 Å². The van der Waals surface area contributed by atoms with Crippen molar-refractivity contribution in [3.05, 3.63) is 55.9 Å². The Balaban J connectivity index is 2.13. The molecule has 0 aromatic heterocycles. The van der Waals surface area contributed by atoms with Gasteiger partial charge in [0.1, 0.15) is 12.4 Å². The molecule has 5 heteroatoms. The molecule has 0 amide bonds. The first-order valence-corrected chi connectivity index (χ1v) is 8.10. The molecule has 0 aliphatic rings. The van der Waals surface area contributed by atoms with Crippen LogP contribution in [0.1, 0.15) is 5.56 Å². The van der Waals surface area contributed by atoms with Gasteiger partial charge in [-0.3, -0.25) is 0 Å². The predicted molar refractivity (Wildman–Crippen MR) is 94.9 cm³/mol. The van der Waals surface area contributed by atoms with Crippen molar-refractivity contribution in [2.24, 2.45) is 0 Å². The fraction of sp³-hybridized carbons (Fsp3) is 0.125. The van der Waals surface area contributed by atoms with Crippen LogP contribution in [0.3, 0.4) is 0 Å². The molecule has 0 fully saturated rings. The Kier molecular flexibility index (Phi) is 5.98. The van der Waals surface area contributed by atoms with Crippen LogP contribution in [0.25, 0.3) is 0 Å². The minimum absolute atomic E-state index is 0.249. The highest BCUT2D eigenvalue weighted by Gasteiger charge is 2.05. The van der Waals surface area contributed by atoms with Crippen LogP contribution in [0.4, 0.5) is 5.69 Å². The molecule has 0 aliphatic carbocycles. The van der Waals surface area contributed by atoms with Crippen LogP contribution in [-0.4, -0.2) is 6.61 Å². The van der Waals surface area contributed by atoms with Crippen LogP contribution in [0.2, 0.25) is 5.02 Å². The molecule has 2 rings (SSSR count). The van der Waals surface area contributed by atoms with Gasteiger partial charge in [0.2, 0.25) is 0 Å². The number of benzene rings is 2. The van der Waals surface area contributed by atoms with Crippen molar-refractivity contribution in [1.29, 1.82) is 0 Å². The minimum Gasteiger partial charge on any atom is -0.481 e. The Labute approximate surface area is 146 Å². The van der Waals surface area contributed by atoms with Crippen LogP contribution in [0.15, 0.2) is 45.3 Å². The van der Waals surface area contributed by atoms with Crippen molar-refractivity contribution in [2.45, 2.75) is 6.54 Å². The summed E-state index contributed by atoms with van der Waals surface area (Å²) < 4.78 is 7.40. The maximum atomic E-state index is 6.08. The zero-order chi connectivity index (χ0) is 15.2. The highest BCUT2D eigenvalue weighted by molar-refractivity contribution is 9.10. The first kappa shape index (κ1) is 16.2. The lowest BCUT2D eigenvalue weighted by atomic mass is 10.2. The maximum absolute atomic E-state index is 6.08. The van der Waals surface area contributed by atoms with E-state index in [0.29, 0.717) is 11.6 Å². The van der Waals surface area contributed by atoms with E-state index < -0.39 is 0 Å². The molecule has 0 radical (unpaired) electrons. The molecular weight excluding hydrogens is 417 g/mol. The van der Waals surface area contributed by atoms with E-state index in [4.69, 9.17) is 22.8 Å². The van der Waals surface area contributed by atoms with Crippen molar-refractivity contribution < 1.29 is 4.74 Å². The second-order valence-electron chi connectivity index (χ2n) is 4.23. The Morgan fingerprint density at radius 2 is 2.00 bits per heavy atom. The molecule has 0 atom stereocenters. The van der Waals surface area contributed by atoms with Gasteiger partial charge in [0.25, 0.3) is 0 Å². The third-order valence-corrected chi connectivity index (χ3v) is 4.46. The standard InChI is InChI=1S/C16H12Br2ClNO/c1-2-7-21-16-6-3-12(17)8-11(16)10-20-13-4-5-14(18)15(19)9-13/h1,3-6,8-9,20H,7,10H2. The molecule has 0 spiro atoms. The fourth-order valence-corrected chi connectivity index (χ4v) is 2.59. The maximum Gasteiger partial charge on any atom is 0.148 e. The third-order valence-electron chi connectivity index (χ3n) is 2.74. The quantitative estimate of drug-likeness (QED) is 0.635. The summed E-state index contributed by atoms with van der Waals surface area (Å²) in [4.78, 5) is 0. The summed E-state index contributed by atoms with van der Waals surface area (Å²) >= 11 is 12.9. The molecule has 108 valence electrons. The number of hydrogen-bond acceptors (Lipinski definition) is 2. The van der Waals surface area contributed by atoms with E-state index in [-0.39, 0.29) is 6.61 Å². The van der Waals surface area contributed by atoms with Crippen LogP contribution >= 0.6 is 43.5 Å². The van der Waals surface area contributed by atoms with E-state index >= 15 is 0 Å². The highest BCUT2D eigenvalue weighted by Crippen LogP contribution is 2.27. The van der Waals surface area contributed by atoms with Gasteiger partial charge in [0.05, 0.1) is 5.02 Å². The van der Waals surface area contributed by atoms with Gasteiger partial charge >= 0.3 is 0 Å². The van der Waals surface area contributed by atoms with Crippen molar-refractivity contribution >= 4 is 49.1 Å². The average molecular weight is 430 g/mol. The number of rotatable bonds is 5. The normalized spacial score (nSPS) is 10.0. The van der Waals surface area contributed by atoms with Gasteiger partial charge in [-0.15, -0.1) is 6.42 Å². The summed E-state index contributed by atoms with van der Waals surface area (Å²) in [5.41, 5.74) is 1.95. The smallest absolute Gasteiger partial charge is 0.148 e. The van der Waals surface area contributed by atoms with E-state index in [2.05, 4.69) is 43.1 Å². The first-order chi connectivity index (χ1) is 10.1. The number of nitrogens with one attached hydrogen (secondary N) is 1. The van der Waals surface area contributed by atoms with Crippen molar-refractivity contribution in [3.8, 4) is 18.1 Å². The van der Waals surface area contributed by atoms with Gasteiger partial charge in [-0.25, -0.2) is 0 Å². The Hall–Kier alpha value is -1.15. The molecule has 2 aromatic rings. The minimum atomic E-state index is 0.249. The molecule has 1 N–H and O–H groups in total. The Morgan fingerprint density at radius 1 is 1.19 bits per heavy atom. The SMILES string of the molecule is C#CCOc1ccc(Br)cc1CNc1ccc(Br)c(Cl)c1. The molecule has 21 heavy (non-hydrogen) atoms. The number of ether oxygens (including phenoxy) is 1. The van der Waals surface area contributed by atoms with Crippen LogP contribution in [0, 0.1) is 12.3 Å². The zero-order valence-electron chi connectivity index (χ0n) is 11.0. The van der Waals surface area contributed by atoms with E-state index in [0.717, 1.165) is 25.9 Å². The number of anilines is 1. The van der Waals surface area contributed by atoms with E-state index in [1.54, 1.807) is 0 Å². The van der Waals surface area contributed by atoms with Gasteiger partial charge in [-0.1, -0.05) is 33.5 Å². The van der Waals surface area contributed by atoms with Crippen LogP contribution in [0.5, 0.6) is 5.75 Å². The molecule has 0 bridgehead atoms. The van der Waals surface area contributed by atoms with Gasteiger partial charge < -0.3 is 10.1 Å². The van der Waals surface area contributed by atoms with E-state index in [9.17, 15) is 0 Å². The van der Waals surface area contributed by atoms with Crippen molar-refractivity contribution in [1.82, 2.24) is 0 Å². The summed E-state index contributed by atoms with van der Waals surface area (Å²) in [5, 5.41) is 3.98. The molecule has 0 aliphatic heterocycles. The van der Waals surface area contributed by atoms with Gasteiger partial charge in [-0.2, -0.15) is 0 Å². The molecule has 0 unspecified atom stereocenters. The number of terminal acetylenes is 1. The molecule has 0 saturated heterocycles. The fourth-order valence-electron chi connectivity index (χ4n) is 1.75. The van der Waals surface area contributed by atoms with E-state index in [1.165, 1.54) is 0 Å². The summed E-state index contributed by atoms with van der Waals surface area (Å²) in [7, 11) is 0. The van der Waals surface area contributed by atoms with E-state index in [1.807, 2.05) is 36.4 Å². The summed E-state index contributed by atoms with van der Waals surface area (Å²) in [6, 6.07) is 11.5. The Bertz CT molecular complexity index is 682. The van der Waals surface area contributed by atoms with Crippen LogP contribution in [-0.2, 0) is 6.54 Å². The molecule has 2 nitrogen and oxygen atoms in total. The zero-order valence-corrected chi connectivity index (χ0v) is 14.9. The summed E-state index contributed by atoms with van der Waals surface area (Å²) in [5.74, 6) is 3.24. The predicted octanol–water partition coefficient (Wildman–Crippen LogP) is 5.49. The number of halogens is 3. The first-order valence-electron chi connectivity index (χ1n) is 6.14. The lowest BCUT2D eigenvalue weighted by molar-refractivity contribution is 0.366. The molecule has 0 saturated carbocycles. The second kappa shape index (κ2) is 7.74. The molecule has 0 heterocycles. The monoisotopic (exact) mass is 427 g/mol. The molecule has 2 aromatic carbocycles. The van der Waals surface area contributed by atoms with Gasteiger partial charge in [-0.05, 0) is 52.3 Å². The third kappa shape index (κ3) is 4.67. The summed E-state index contributed by atoms with van der Waals surface area (Å²) in [6.07, 6.45) is 5.23. The van der Waals surface area contributed by atoms with Gasteiger partial charge in [0, 0.05) is 26.7 Å². The summed E-state index contributed by atoms with van der Waals surface area (Å²) in [6.45, 7) is 0.857. The number of hydrogen-bond donors (Lipinski definition) is 1. The van der Waals surface area contributed by atoms with Crippen LogP contribution < -0.4 is 10.1 Å². The lowest BCUT2D eigenvalue weighted by Gasteiger charge is -2.12. The topological polar surface area (TPSA) is 21.3 Å². The van der Waals surface area contributed by atoms with Gasteiger partial charge in [0.15, 0.2) is 0 Å². The Morgan fingerprint density at radius 3 is 2.71 bits per heavy atom. The lowest BCUT2D eigenvalue weighted by Crippen LogP contribution is -2.04. The average Bonchev–Trinajstić information content (AvgIpc) is 2.47. The highest BCUT2D eigenvalue weighted by atomic mass is 79.9. The molecular formula is C16H12Br2ClNO. The second-order valence-corrected chi connectivity index (χ2v) is 6.40. The van der Waals surface area contributed by atoms with Crippen molar-refractivity contribution in [2.75, 3.05) is 11.9 Å². The largest absolute Gasteiger partial charge is 0.481 e.